The Morgan fingerprint density at radius 2 is 1.88 bits per heavy atom. The molecule has 0 saturated carbocycles. The number of allylic oxidation sites excluding steroid dienone is 4. The molecule has 0 nitrogen and oxygen atoms in total. The Bertz CT molecular complexity index is 464. The molecule has 1 heteroatoms. The lowest BCUT2D eigenvalue weighted by atomic mass is 9.97. The lowest BCUT2D eigenvalue weighted by Crippen LogP contribution is -1.93. The third kappa shape index (κ3) is 2.34. The molecule has 0 saturated heterocycles. The summed E-state index contributed by atoms with van der Waals surface area (Å²) < 4.78 is 4.03. The minimum atomic E-state index is 0.132. The van der Waals surface area contributed by atoms with Gasteiger partial charge >= 0.3 is 0 Å². The predicted molar refractivity (Wildman–Crippen MR) is 82.3 cm³/mol. The van der Waals surface area contributed by atoms with Crippen LogP contribution in [0.25, 0.3) is 5.57 Å². The summed E-state index contributed by atoms with van der Waals surface area (Å²) >= 11 is 0.132. The van der Waals surface area contributed by atoms with Crippen molar-refractivity contribution in [1.29, 1.82) is 0 Å². The smallest absolute Gasteiger partial charge is 0.00711 e. The van der Waals surface area contributed by atoms with E-state index >= 15 is 0 Å². The van der Waals surface area contributed by atoms with Gasteiger partial charge in [-0.15, -0.1) is 0 Å². The zero-order valence-electron chi connectivity index (χ0n) is 9.83. The van der Waals surface area contributed by atoms with Crippen molar-refractivity contribution in [2.24, 2.45) is 0 Å². The van der Waals surface area contributed by atoms with Gasteiger partial charge in [0.25, 0.3) is 0 Å². The van der Waals surface area contributed by atoms with Crippen LogP contribution in [0.1, 0.15) is 31.4 Å². The fourth-order valence-electron chi connectivity index (χ4n) is 1.99. The Hall–Kier alpha value is -0.700. The van der Waals surface area contributed by atoms with Gasteiger partial charge < -0.3 is 0 Å². The summed E-state index contributed by atoms with van der Waals surface area (Å²) in [6.07, 6.45) is 6.83. The number of benzene rings is 1. The monoisotopic (exact) mass is 324 g/mol. The second-order valence-corrected chi connectivity index (χ2v) is 6.42. The van der Waals surface area contributed by atoms with E-state index < -0.39 is 0 Å². The minimum Gasteiger partial charge on any atom is -0.0895 e. The van der Waals surface area contributed by atoms with E-state index in [9.17, 15) is 0 Å². The van der Waals surface area contributed by atoms with Crippen LogP contribution in [0.2, 0.25) is 0 Å². The van der Waals surface area contributed by atoms with Crippen molar-refractivity contribution in [1.82, 2.24) is 0 Å². The Labute approximate surface area is 108 Å². The largest absolute Gasteiger partial charge is 0.0895 e. The quantitative estimate of drug-likeness (QED) is 0.706. The van der Waals surface area contributed by atoms with E-state index in [-0.39, 0.29) is 20.7 Å². The van der Waals surface area contributed by atoms with Gasteiger partial charge in [0.2, 0.25) is 0 Å². The first-order valence-electron chi connectivity index (χ1n) is 5.81. The summed E-state index contributed by atoms with van der Waals surface area (Å²) in [6, 6.07) is 8.81. The zero-order valence-corrected chi connectivity index (χ0v) is 12.0. The number of rotatable bonds is 3. The normalized spacial score (nSPS) is 15.1. The van der Waals surface area contributed by atoms with Gasteiger partial charge in [-0.05, 0) is 37.1 Å². The molecule has 0 N–H and O–H groups in total. The predicted octanol–water partition coefficient (Wildman–Crippen LogP) is 4.71. The first-order chi connectivity index (χ1) is 7.86. The van der Waals surface area contributed by atoms with Crippen LogP contribution in [0.5, 0.6) is 0 Å². The molecule has 16 heavy (non-hydrogen) atoms. The van der Waals surface area contributed by atoms with Crippen LogP contribution in [0, 0.1) is 0 Å². The van der Waals surface area contributed by atoms with Crippen molar-refractivity contribution < 1.29 is 0 Å². The Kier molecular flexibility index (Phi) is 4.10. The second kappa shape index (κ2) is 5.58. The molecule has 0 radical (unpaired) electrons. The summed E-state index contributed by atoms with van der Waals surface area (Å²) in [4.78, 5) is 0. The lowest BCUT2D eigenvalue weighted by Gasteiger charge is -2.13. The lowest BCUT2D eigenvalue weighted by molar-refractivity contribution is 1.13. The van der Waals surface area contributed by atoms with E-state index in [2.05, 4.69) is 54.3 Å². The highest BCUT2D eigenvalue weighted by Gasteiger charge is 2.09. The third-order valence-electron chi connectivity index (χ3n) is 2.82. The van der Waals surface area contributed by atoms with E-state index in [1.807, 2.05) is 0 Å². The average molecular weight is 324 g/mol. The van der Waals surface area contributed by atoms with Crippen LogP contribution in [-0.2, 0) is 6.42 Å². The van der Waals surface area contributed by atoms with Crippen molar-refractivity contribution in [3.63, 3.8) is 0 Å². The van der Waals surface area contributed by atoms with E-state index in [1.54, 1.807) is 3.58 Å². The maximum Gasteiger partial charge on any atom is -0.00711 e. The maximum absolute atomic E-state index is 2.36. The number of aryl methyl sites for hydroxylation is 1. The van der Waals surface area contributed by atoms with Crippen molar-refractivity contribution in [3.05, 3.63) is 51.1 Å². The van der Waals surface area contributed by atoms with Crippen LogP contribution in [0.15, 0.2) is 40.0 Å². The highest BCUT2D eigenvalue weighted by molar-refractivity contribution is 14.2. The molecule has 84 valence electrons. The molecule has 0 atom stereocenters. The van der Waals surface area contributed by atoms with Gasteiger partial charge in [-0.25, -0.2) is 0 Å². The summed E-state index contributed by atoms with van der Waals surface area (Å²) in [5.41, 5.74) is 4.42. The molecular formula is C15H17I. The molecule has 1 aromatic carbocycles. The topological polar surface area (TPSA) is 0 Å². The van der Waals surface area contributed by atoms with Crippen LogP contribution in [0.4, 0.5) is 0 Å². The molecule has 0 aliphatic carbocycles. The van der Waals surface area contributed by atoms with Gasteiger partial charge in [0, 0.05) is 0 Å². The second-order valence-electron chi connectivity index (χ2n) is 3.78. The Balaban J connectivity index is 2.55. The van der Waals surface area contributed by atoms with E-state index in [1.165, 1.54) is 23.1 Å². The molecule has 0 bridgehead atoms. The summed E-state index contributed by atoms with van der Waals surface area (Å²) in [6.45, 7) is 4.51. The van der Waals surface area contributed by atoms with E-state index in [0.29, 0.717) is 0 Å². The fraction of sp³-hybridized carbons (Fsp3) is 0.267. The van der Waals surface area contributed by atoms with Gasteiger partial charge in [0.15, 0.2) is 0 Å². The number of hydrogen-bond donors (Lipinski definition) is 0. The van der Waals surface area contributed by atoms with Crippen molar-refractivity contribution >= 4 is 30.3 Å². The molecule has 0 fully saturated rings. The minimum absolute atomic E-state index is 0.132. The molecule has 1 aliphatic heterocycles. The van der Waals surface area contributed by atoms with Crippen molar-refractivity contribution in [2.45, 2.75) is 26.7 Å². The van der Waals surface area contributed by atoms with E-state index in [0.717, 1.165) is 6.42 Å². The van der Waals surface area contributed by atoms with Crippen molar-refractivity contribution in [2.75, 3.05) is 0 Å². The molecular weight excluding hydrogens is 307 g/mol. The van der Waals surface area contributed by atoms with Crippen molar-refractivity contribution in [3.8, 4) is 0 Å². The van der Waals surface area contributed by atoms with Gasteiger partial charge in [-0.1, -0.05) is 71.0 Å². The van der Waals surface area contributed by atoms with Crippen LogP contribution in [0.3, 0.4) is 0 Å². The molecule has 2 rings (SSSR count). The summed E-state index contributed by atoms with van der Waals surface area (Å²) in [5, 5.41) is 0. The van der Waals surface area contributed by atoms with E-state index in [4.69, 9.17) is 0 Å². The third-order valence-corrected chi connectivity index (χ3v) is 5.69. The summed E-state index contributed by atoms with van der Waals surface area (Å²) in [5.74, 6) is 0. The van der Waals surface area contributed by atoms with Gasteiger partial charge in [0.1, 0.15) is 0 Å². The number of hydrogen-bond acceptors (Lipinski definition) is 0. The highest BCUT2D eigenvalue weighted by atomic mass is 127. The first kappa shape index (κ1) is 11.8. The Morgan fingerprint density at radius 3 is 2.62 bits per heavy atom. The van der Waals surface area contributed by atoms with Crippen LogP contribution >= 0.6 is 20.7 Å². The molecule has 0 amide bonds. The van der Waals surface area contributed by atoms with Gasteiger partial charge in [-0.2, -0.15) is 0 Å². The average Bonchev–Trinajstić information content (AvgIpc) is 2.38. The van der Waals surface area contributed by atoms with Gasteiger partial charge in [0.05, 0.1) is 0 Å². The van der Waals surface area contributed by atoms with Crippen LogP contribution in [-0.4, -0.2) is 4.01 Å². The SMILES string of the molecule is CCC1=C(c2ccccc2CC)C=CC=I1. The fourth-order valence-corrected chi connectivity index (χ4v) is 4.08. The first-order valence-corrected chi connectivity index (χ1v) is 8.14. The standard InChI is InChI=1S/C15H17I/c1-3-12-8-5-6-9-13(12)14-10-7-11-16-15(14)4-2/h5-11H,3-4H2,1-2H3. The molecule has 1 aromatic rings. The molecule has 1 heterocycles. The molecule has 1 aliphatic rings. The highest BCUT2D eigenvalue weighted by Crippen LogP contribution is 2.34. The van der Waals surface area contributed by atoms with Crippen LogP contribution < -0.4 is 0 Å². The molecule has 0 spiro atoms. The molecule has 0 aromatic heterocycles. The zero-order chi connectivity index (χ0) is 11.4. The maximum atomic E-state index is 2.36. The number of halogens is 1. The Morgan fingerprint density at radius 1 is 1.06 bits per heavy atom. The van der Waals surface area contributed by atoms with Gasteiger partial charge in [-0.3, -0.25) is 0 Å². The summed E-state index contributed by atoms with van der Waals surface area (Å²) in [7, 11) is 0. The molecule has 0 unspecified atom stereocenters.